The van der Waals surface area contributed by atoms with Crippen molar-refractivity contribution < 1.29 is 27.9 Å². The van der Waals surface area contributed by atoms with Gasteiger partial charge in [-0.3, -0.25) is 14.4 Å². The van der Waals surface area contributed by atoms with Gasteiger partial charge in [0.15, 0.2) is 0 Å². The number of benzene rings is 1. The number of fused-ring (bicyclic) bond motifs is 1. The predicted molar refractivity (Wildman–Crippen MR) is 109 cm³/mol. The maximum absolute atomic E-state index is 12.7. The van der Waals surface area contributed by atoms with Gasteiger partial charge in [-0.1, -0.05) is 30.3 Å². The maximum atomic E-state index is 12.7. The number of nitrogens with zero attached hydrogens (tertiary/aromatic N) is 5. The van der Waals surface area contributed by atoms with Crippen molar-refractivity contribution in [2.75, 3.05) is 20.1 Å². The van der Waals surface area contributed by atoms with Crippen molar-refractivity contribution in [1.82, 2.24) is 24.6 Å². The first kappa shape index (κ1) is 23.7. The monoisotopic (exact) mass is 453 g/mol. The van der Waals surface area contributed by atoms with Gasteiger partial charge in [-0.2, -0.15) is 18.3 Å². The number of likely N-dealkylation sites (tertiary alicyclic amines) is 2. The summed E-state index contributed by atoms with van der Waals surface area (Å²) < 4.78 is 33.6. The Balaban J connectivity index is 0.000000360. The number of carbonyl (C=O) groups excluding carboxylic acids is 1. The highest BCUT2D eigenvalue weighted by Crippen LogP contribution is 2.35. The van der Waals surface area contributed by atoms with Crippen LogP contribution in [-0.2, 0) is 22.6 Å². The van der Waals surface area contributed by atoms with Crippen molar-refractivity contribution in [1.29, 1.82) is 0 Å². The number of carboxylic acid groups (broad SMARTS) is 1. The van der Waals surface area contributed by atoms with Crippen molar-refractivity contribution >= 4 is 11.9 Å². The van der Waals surface area contributed by atoms with Crippen LogP contribution in [0.5, 0.6) is 0 Å². The van der Waals surface area contributed by atoms with Crippen LogP contribution in [0.4, 0.5) is 13.2 Å². The topological polar surface area (TPSA) is 91.6 Å². The number of hydrogen-bond donors (Lipinski definition) is 1. The molecule has 3 atom stereocenters. The summed E-state index contributed by atoms with van der Waals surface area (Å²) in [4.78, 5) is 30.2. The fourth-order valence-corrected chi connectivity index (χ4v) is 4.43. The summed E-state index contributed by atoms with van der Waals surface area (Å²) in [6.07, 6.45) is 0.986. The minimum absolute atomic E-state index is 0.257. The number of likely N-dealkylation sites (N-methyl/N-ethyl adjacent to an activating group) is 1. The molecule has 8 nitrogen and oxygen atoms in total. The molecule has 4 rings (SSSR count). The molecule has 2 saturated heterocycles. The van der Waals surface area contributed by atoms with E-state index in [2.05, 4.69) is 26.9 Å². The predicted octanol–water partition coefficient (Wildman–Crippen LogP) is 2.08. The van der Waals surface area contributed by atoms with E-state index in [1.807, 2.05) is 35.0 Å². The maximum Gasteiger partial charge on any atom is 0.490 e. The second-order valence-electron chi connectivity index (χ2n) is 8.09. The van der Waals surface area contributed by atoms with Crippen LogP contribution in [0.2, 0.25) is 0 Å². The van der Waals surface area contributed by atoms with Gasteiger partial charge in [-0.25, -0.2) is 9.78 Å². The van der Waals surface area contributed by atoms with E-state index in [1.54, 1.807) is 12.7 Å². The molecule has 2 aliphatic rings. The largest absolute Gasteiger partial charge is 0.490 e. The van der Waals surface area contributed by atoms with E-state index in [9.17, 15) is 18.0 Å². The van der Waals surface area contributed by atoms with Crippen LogP contribution in [0.15, 0.2) is 43.0 Å². The van der Waals surface area contributed by atoms with E-state index >= 15 is 0 Å². The number of piperidine rings is 1. The first-order chi connectivity index (χ1) is 15.1. The quantitative estimate of drug-likeness (QED) is 0.762. The molecule has 1 amide bonds. The van der Waals surface area contributed by atoms with Crippen LogP contribution in [-0.4, -0.2) is 79.9 Å². The third-order valence-corrected chi connectivity index (χ3v) is 6.03. The summed E-state index contributed by atoms with van der Waals surface area (Å²) in [5, 5.41) is 11.4. The van der Waals surface area contributed by atoms with E-state index in [0.717, 1.165) is 38.0 Å². The lowest BCUT2D eigenvalue weighted by Crippen LogP contribution is -2.48. The van der Waals surface area contributed by atoms with Gasteiger partial charge < -0.3 is 10.0 Å². The Labute approximate surface area is 183 Å². The molecular weight excluding hydrogens is 427 g/mol. The Kier molecular flexibility index (Phi) is 7.49. The molecule has 1 aromatic heterocycles. The van der Waals surface area contributed by atoms with Crippen molar-refractivity contribution in [3.05, 3.63) is 48.5 Å². The average molecular weight is 453 g/mol. The van der Waals surface area contributed by atoms with E-state index in [-0.39, 0.29) is 5.91 Å². The van der Waals surface area contributed by atoms with Crippen LogP contribution in [0.25, 0.3) is 0 Å². The Morgan fingerprint density at radius 3 is 2.50 bits per heavy atom. The Morgan fingerprint density at radius 1 is 1.22 bits per heavy atom. The van der Waals surface area contributed by atoms with Gasteiger partial charge in [0.25, 0.3) is 0 Å². The third-order valence-electron chi connectivity index (χ3n) is 6.03. The van der Waals surface area contributed by atoms with E-state index < -0.39 is 12.1 Å². The van der Waals surface area contributed by atoms with Gasteiger partial charge in [0.2, 0.25) is 5.91 Å². The number of aliphatic carboxylic acids is 1. The lowest BCUT2D eigenvalue weighted by atomic mass is 9.91. The number of alkyl halides is 3. The minimum atomic E-state index is -5.08. The number of carbonyl (C=O) groups is 2. The fourth-order valence-electron chi connectivity index (χ4n) is 4.43. The molecule has 0 aliphatic carbocycles. The van der Waals surface area contributed by atoms with Gasteiger partial charge >= 0.3 is 12.1 Å². The Hall–Kier alpha value is -2.95. The van der Waals surface area contributed by atoms with Gasteiger partial charge in [-0.05, 0) is 31.4 Å². The molecule has 1 aromatic carbocycles. The Morgan fingerprint density at radius 2 is 1.91 bits per heavy atom. The van der Waals surface area contributed by atoms with Crippen molar-refractivity contribution in [3.63, 3.8) is 0 Å². The zero-order valence-corrected chi connectivity index (χ0v) is 17.6. The number of hydrogen-bond acceptors (Lipinski definition) is 5. The molecule has 174 valence electrons. The molecule has 0 saturated carbocycles. The standard InChI is InChI=1S/C19H25N5O.C2HF3O2/c1-22-17(12-24-14-20-13-21-24)10-16-11-23(8-7-18(16)22)19(25)9-15-5-3-2-4-6-15;3-2(4,5)1(6)7/h2-6,13-14,16-18H,7-12H2,1H3;(H,6,7)/t16-,17+,18+;/m1./s1. The average Bonchev–Trinajstić information content (AvgIpc) is 3.37. The number of aromatic nitrogens is 3. The molecule has 2 aliphatic heterocycles. The second-order valence-corrected chi connectivity index (χ2v) is 8.09. The SMILES string of the molecule is CN1[C@H](Cn2cncn2)C[C@@H]2CN(C(=O)Cc3ccccc3)CC[C@@H]21.O=C(O)C(F)(F)F. The van der Waals surface area contributed by atoms with Crippen LogP contribution in [0.3, 0.4) is 0 Å². The zero-order chi connectivity index (χ0) is 23.3. The van der Waals surface area contributed by atoms with Gasteiger partial charge in [-0.15, -0.1) is 0 Å². The van der Waals surface area contributed by atoms with Crippen molar-refractivity contribution in [2.24, 2.45) is 5.92 Å². The molecular formula is C21H26F3N5O3. The molecule has 2 fully saturated rings. The number of halogens is 3. The highest BCUT2D eigenvalue weighted by Gasteiger charge is 2.42. The van der Waals surface area contributed by atoms with Crippen LogP contribution in [0.1, 0.15) is 18.4 Å². The zero-order valence-electron chi connectivity index (χ0n) is 17.6. The summed E-state index contributed by atoms with van der Waals surface area (Å²) in [5.41, 5.74) is 1.10. The summed E-state index contributed by atoms with van der Waals surface area (Å²) in [7, 11) is 2.22. The fraction of sp³-hybridized carbons (Fsp3) is 0.524. The molecule has 1 N–H and O–H groups in total. The minimum Gasteiger partial charge on any atom is -0.475 e. The Bertz CT molecular complexity index is 892. The highest BCUT2D eigenvalue weighted by atomic mass is 19.4. The van der Waals surface area contributed by atoms with Crippen LogP contribution in [0, 0.1) is 5.92 Å². The third kappa shape index (κ3) is 6.06. The first-order valence-electron chi connectivity index (χ1n) is 10.3. The smallest absolute Gasteiger partial charge is 0.475 e. The molecule has 3 heterocycles. The summed E-state index contributed by atoms with van der Waals surface area (Å²) in [5.74, 6) is -1.94. The first-order valence-corrected chi connectivity index (χ1v) is 10.3. The second kappa shape index (κ2) is 10.1. The summed E-state index contributed by atoms with van der Waals surface area (Å²) in [6, 6.07) is 11.1. The van der Waals surface area contributed by atoms with E-state index in [0.29, 0.717) is 24.4 Å². The van der Waals surface area contributed by atoms with Gasteiger partial charge in [0.05, 0.1) is 13.0 Å². The van der Waals surface area contributed by atoms with Gasteiger partial charge in [0.1, 0.15) is 12.7 Å². The number of rotatable bonds is 4. The number of carboxylic acids is 1. The summed E-state index contributed by atoms with van der Waals surface area (Å²) >= 11 is 0. The molecule has 0 spiro atoms. The number of amides is 1. The van der Waals surface area contributed by atoms with E-state index in [4.69, 9.17) is 9.90 Å². The van der Waals surface area contributed by atoms with Crippen LogP contribution < -0.4 is 0 Å². The van der Waals surface area contributed by atoms with Crippen molar-refractivity contribution in [3.8, 4) is 0 Å². The molecule has 2 aromatic rings. The van der Waals surface area contributed by atoms with E-state index in [1.165, 1.54) is 0 Å². The molecule has 32 heavy (non-hydrogen) atoms. The normalized spacial score (nSPS) is 23.2. The molecule has 0 unspecified atom stereocenters. The summed E-state index contributed by atoms with van der Waals surface area (Å²) in [6.45, 7) is 2.63. The lowest BCUT2D eigenvalue weighted by molar-refractivity contribution is -0.192. The highest BCUT2D eigenvalue weighted by molar-refractivity contribution is 5.79. The lowest BCUT2D eigenvalue weighted by Gasteiger charge is -2.37. The molecule has 11 heteroatoms. The molecule has 0 bridgehead atoms. The van der Waals surface area contributed by atoms with Crippen molar-refractivity contribution in [2.45, 2.75) is 44.1 Å². The van der Waals surface area contributed by atoms with Gasteiger partial charge in [0, 0.05) is 25.2 Å². The van der Waals surface area contributed by atoms with Crippen LogP contribution >= 0.6 is 0 Å². The molecule has 0 radical (unpaired) electrons.